The summed E-state index contributed by atoms with van der Waals surface area (Å²) in [5, 5.41) is 11.7. The summed E-state index contributed by atoms with van der Waals surface area (Å²) in [6.07, 6.45) is -0.863. The summed E-state index contributed by atoms with van der Waals surface area (Å²) < 4.78 is 18.5. The maximum absolute atomic E-state index is 13.7. The molecule has 0 aliphatic heterocycles. The van der Waals surface area contributed by atoms with Crippen LogP contribution in [-0.2, 0) is 4.74 Å². The van der Waals surface area contributed by atoms with Crippen molar-refractivity contribution in [2.75, 3.05) is 24.3 Å². The molecule has 0 bridgehead atoms. The first kappa shape index (κ1) is 17.3. The highest BCUT2D eigenvalue weighted by Gasteiger charge is 2.21. The van der Waals surface area contributed by atoms with Gasteiger partial charge in [-0.1, -0.05) is 23.2 Å². The maximum Gasteiger partial charge on any atom is 0.339 e. The SMILES string of the molecule is CCOC(=O)c1cc(F)c(Cl)c(NCC(O)CCl)c1Cl. The predicted molar refractivity (Wildman–Crippen MR) is 77.6 cm³/mol. The molecule has 112 valence electrons. The van der Waals surface area contributed by atoms with E-state index in [1.54, 1.807) is 6.92 Å². The first-order valence-electron chi connectivity index (χ1n) is 5.74. The second-order valence-corrected chi connectivity index (χ2v) is 4.88. The van der Waals surface area contributed by atoms with E-state index in [4.69, 9.17) is 39.5 Å². The summed E-state index contributed by atoms with van der Waals surface area (Å²) in [7, 11) is 0. The van der Waals surface area contributed by atoms with Crippen molar-refractivity contribution in [2.45, 2.75) is 13.0 Å². The lowest BCUT2D eigenvalue weighted by molar-refractivity contribution is 0.0526. The molecule has 20 heavy (non-hydrogen) atoms. The number of rotatable bonds is 6. The van der Waals surface area contributed by atoms with Crippen LogP contribution in [0.25, 0.3) is 0 Å². The van der Waals surface area contributed by atoms with Crippen LogP contribution in [-0.4, -0.2) is 36.2 Å². The average Bonchev–Trinajstić information content (AvgIpc) is 2.42. The van der Waals surface area contributed by atoms with E-state index in [2.05, 4.69) is 5.32 Å². The number of carbonyl (C=O) groups excluding carboxylic acids is 1. The Morgan fingerprint density at radius 3 is 2.70 bits per heavy atom. The van der Waals surface area contributed by atoms with Gasteiger partial charge in [0.15, 0.2) is 0 Å². The van der Waals surface area contributed by atoms with E-state index in [1.165, 1.54) is 0 Å². The first-order valence-corrected chi connectivity index (χ1v) is 7.03. The normalized spacial score (nSPS) is 12.1. The van der Waals surface area contributed by atoms with Crippen molar-refractivity contribution in [3.8, 4) is 0 Å². The fourth-order valence-corrected chi connectivity index (χ4v) is 2.06. The van der Waals surface area contributed by atoms with Gasteiger partial charge in [0.25, 0.3) is 0 Å². The lowest BCUT2D eigenvalue weighted by Crippen LogP contribution is -2.21. The van der Waals surface area contributed by atoms with Crippen molar-refractivity contribution in [1.29, 1.82) is 0 Å². The number of halogens is 4. The summed E-state index contributed by atoms with van der Waals surface area (Å²) in [5.41, 5.74) is -0.126. The van der Waals surface area contributed by atoms with Crippen LogP contribution in [0.15, 0.2) is 6.07 Å². The molecule has 0 radical (unpaired) electrons. The lowest BCUT2D eigenvalue weighted by Gasteiger charge is -2.15. The Balaban J connectivity index is 3.12. The number of carbonyl (C=O) groups is 1. The summed E-state index contributed by atoms with van der Waals surface area (Å²) in [6, 6.07) is 0.909. The molecule has 0 saturated carbocycles. The van der Waals surface area contributed by atoms with Gasteiger partial charge < -0.3 is 15.2 Å². The molecule has 0 aliphatic rings. The van der Waals surface area contributed by atoms with Crippen LogP contribution in [0.1, 0.15) is 17.3 Å². The molecule has 0 aliphatic carbocycles. The fraction of sp³-hybridized carbons (Fsp3) is 0.417. The van der Waals surface area contributed by atoms with Gasteiger partial charge in [0.2, 0.25) is 0 Å². The standard InChI is InChI=1S/C12H13Cl3FNO3/c1-2-20-12(19)7-3-8(16)10(15)11(9(7)14)17-5-6(18)4-13/h3,6,17-18H,2,4-5H2,1H3. The van der Waals surface area contributed by atoms with Gasteiger partial charge in [-0.15, -0.1) is 11.6 Å². The van der Waals surface area contributed by atoms with Crippen molar-refractivity contribution >= 4 is 46.5 Å². The van der Waals surface area contributed by atoms with Crippen LogP contribution in [0, 0.1) is 5.82 Å². The number of aliphatic hydroxyl groups excluding tert-OH is 1. The summed E-state index contributed by atoms with van der Waals surface area (Å²) in [6.45, 7) is 1.76. The molecule has 0 saturated heterocycles. The van der Waals surface area contributed by atoms with Crippen LogP contribution in [0.2, 0.25) is 10.0 Å². The molecular formula is C12H13Cl3FNO3. The quantitative estimate of drug-likeness (QED) is 0.472. The molecule has 0 fully saturated rings. The third-order valence-corrected chi connectivity index (χ3v) is 3.46. The van der Waals surface area contributed by atoms with Gasteiger partial charge in [-0.05, 0) is 13.0 Å². The summed E-state index contributed by atoms with van der Waals surface area (Å²) >= 11 is 17.3. The molecule has 0 spiro atoms. The molecule has 2 N–H and O–H groups in total. The molecule has 1 unspecified atom stereocenters. The minimum absolute atomic E-state index is 0.00859. The average molecular weight is 345 g/mol. The number of nitrogens with one attached hydrogen (secondary N) is 1. The van der Waals surface area contributed by atoms with Gasteiger partial charge in [0.1, 0.15) is 10.8 Å². The highest BCUT2D eigenvalue weighted by atomic mass is 35.5. The number of hydrogen-bond donors (Lipinski definition) is 2. The third kappa shape index (κ3) is 4.12. The largest absolute Gasteiger partial charge is 0.462 e. The molecule has 1 rings (SSSR count). The Kier molecular flexibility index (Phi) is 6.82. The van der Waals surface area contributed by atoms with E-state index in [-0.39, 0.29) is 40.3 Å². The molecule has 0 aromatic heterocycles. The Bertz CT molecular complexity index is 499. The second-order valence-electron chi connectivity index (χ2n) is 3.82. The van der Waals surface area contributed by atoms with Gasteiger partial charge in [0.05, 0.1) is 34.9 Å². The summed E-state index contributed by atoms with van der Waals surface area (Å²) in [5.74, 6) is -1.58. The number of esters is 1. The van der Waals surface area contributed by atoms with E-state index in [9.17, 15) is 14.3 Å². The van der Waals surface area contributed by atoms with Gasteiger partial charge >= 0.3 is 5.97 Å². The van der Waals surface area contributed by atoms with Crippen molar-refractivity contribution in [1.82, 2.24) is 0 Å². The number of alkyl halides is 1. The first-order chi connectivity index (χ1) is 9.42. The van der Waals surface area contributed by atoms with Gasteiger partial charge in [0, 0.05) is 6.54 Å². The van der Waals surface area contributed by atoms with Crippen LogP contribution >= 0.6 is 34.8 Å². The lowest BCUT2D eigenvalue weighted by atomic mass is 10.2. The number of ether oxygens (including phenoxy) is 1. The highest BCUT2D eigenvalue weighted by Crippen LogP contribution is 2.36. The molecule has 1 aromatic rings. The van der Waals surface area contributed by atoms with Crippen LogP contribution in [0.5, 0.6) is 0 Å². The number of anilines is 1. The molecule has 0 amide bonds. The molecule has 0 heterocycles. The topological polar surface area (TPSA) is 58.6 Å². The minimum Gasteiger partial charge on any atom is -0.462 e. The molecular weight excluding hydrogens is 331 g/mol. The van der Waals surface area contributed by atoms with Crippen molar-refractivity contribution in [3.05, 3.63) is 27.5 Å². The fourth-order valence-electron chi connectivity index (χ4n) is 1.39. The van der Waals surface area contributed by atoms with Gasteiger partial charge in [-0.25, -0.2) is 9.18 Å². The number of benzene rings is 1. The Labute approximate surface area is 130 Å². The zero-order chi connectivity index (χ0) is 15.3. The smallest absolute Gasteiger partial charge is 0.339 e. The maximum atomic E-state index is 13.7. The van der Waals surface area contributed by atoms with Crippen LogP contribution < -0.4 is 5.32 Å². The monoisotopic (exact) mass is 343 g/mol. The van der Waals surface area contributed by atoms with E-state index >= 15 is 0 Å². The zero-order valence-corrected chi connectivity index (χ0v) is 12.8. The second kappa shape index (κ2) is 7.88. The Hall–Kier alpha value is -0.750. The number of hydrogen-bond acceptors (Lipinski definition) is 4. The summed E-state index contributed by atoms with van der Waals surface area (Å²) in [4.78, 5) is 11.7. The molecule has 1 atom stereocenters. The molecule has 4 nitrogen and oxygen atoms in total. The van der Waals surface area contributed by atoms with E-state index in [0.717, 1.165) is 6.07 Å². The van der Waals surface area contributed by atoms with Crippen molar-refractivity contribution in [3.63, 3.8) is 0 Å². The van der Waals surface area contributed by atoms with Crippen molar-refractivity contribution in [2.24, 2.45) is 0 Å². The molecule has 8 heteroatoms. The zero-order valence-electron chi connectivity index (χ0n) is 10.6. The van der Waals surface area contributed by atoms with Gasteiger partial charge in [-0.2, -0.15) is 0 Å². The Morgan fingerprint density at radius 2 is 2.15 bits per heavy atom. The Morgan fingerprint density at radius 1 is 1.50 bits per heavy atom. The van der Waals surface area contributed by atoms with Crippen molar-refractivity contribution < 1.29 is 19.0 Å². The van der Waals surface area contributed by atoms with E-state index in [0.29, 0.717) is 0 Å². The third-order valence-electron chi connectivity index (χ3n) is 2.34. The van der Waals surface area contributed by atoms with E-state index < -0.39 is 17.9 Å². The highest BCUT2D eigenvalue weighted by molar-refractivity contribution is 6.41. The van der Waals surface area contributed by atoms with Crippen LogP contribution in [0.3, 0.4) is 0 Å². The number of aliphatic hydroxyl groups is 1. The van der Waals surface area contributed by atoms with Crippen LogP contribution in [0.4, 0.5) is 10.1 Å². The minimum atomic E-state index is -0.863. The van der Waals surface area contributed by atoms with E-state index in [1.807, 2.05) is 0 Å². The molecule has 1 aromatic carbocycles. The predicted octanol–water partition coefficient (Wildman–Crippen LogP) is 3.32. The van der Waals surface area contributed by atoms with Gasteiger partial charge in [-0.3, -0.25) is 0 Å².